The molecule has 3 nitrogen and oxygen atoms in total. The number of hydrogen-bond acceptors (Lipinski definition) is 2. The van der Waals surface area contributed by atoms with Crippen molar-refractivity contribution in [2.45, 2.75) is 13.0 Å². The summed E-state index contributed by atoms with van der Waals surface area (Å²) in [6, 6.07) is 19.0. The van der Waals surface area contributed by atoms with E-state index in [0.717, 1.165) is 16.8 Å². The summed E-state index contributed by atoms with van der Waals surface area (Å²) >= 11 is 0. The molecule has 0 saturated heterocycles. The van der Waals surface area contributed by atoms with Crippen LogP contribution in [0.1, 0.15) is 24.2 Å². The van der Waals surface area contributed by atoms with Crippen LogP contribution >= 0.6 is 0 Å². The van der Waals surface area contributed by atoms with Crippen molar-refractivity contribution < 1.29 is 4.74 Å². The highest BCUT2D eigenvalue weighted by molar-refractivity contribution is 5.92. The zero-order valence-corrected chi connectivity index (χ0v) is 10.8. The Morgan fingerprint density at radius 2 is 1.79 bits per heavy atom. The van der Waals surface area contributed by atoms with Crippen molar-refractivity contribution in [3.05, 3.63) is 65.7 Å². The maximum Gasteiger partial charge on any atom is 0.290 e. The van der Waals surface area contributed by atoms with Crippen LogP contribution in [-0.2, 0) is 4.74 Å². The first-order valence-electron chi connectivity index (χ1n) is 6.50. The van der Waals surface area contributed by atoms with Crippen molar-refractivity contribution in [1.29, 1.82) is 0 Å². The highest BCUT2D eigenvalue weighted by Crippen LogP contribution is 2.35. The van der Waals surface area contributed by atoms with Gasteiger partial charge in [-0.25, -0.2) is 4.99 Å². The van der Waals surface area contributed by atoms with Gasteiger partial charge >= 0.3 is 0 Å². The van der Waals surface area contributed by atoms with Crippen molar-refractivity contribution in [3.63, 3.8) is 0 Å². The minimum Gasteiger partial charge on any atom is -0.452 e. The lowest BCUT2D eigenvalue weighted by Crippen LogP contribution is -2.27. The lowest BCUT2D eigenvalue weighted by molar-refractivity contribution is 0.226. The van der Waals surface area contributed by atoms with Gasteiger partial charge in [0.25, 0.3) is 6.02 Å². The van der Waals surface area contributed by atoms with Gasteiger partial charge in [0.2, 0.25) is 0 Å². The van der Waals surface area contributed by atoms with Crippen LogP contribution in [0.5, 0.6) is 0 Å². The van der Waals surface area contributed by atoms with E-state index >= 15 is 0 Å². The average molecular weight is 252 g/mol. The summed E-state index contributed by atoms with van der Waals surface area (Å²) in [6.07, 6.45) is -0.0936. The van der Waals surface area contributed by atoms with E-state index in [-0.39, 0.29) is 6.10 Å². The van der Waals surface area contributed by atoms with Crippen LogP contribution in [0.4, 0.5) is 5.69 Å². The normalized spacial score (nSPS) is 19.4. The average Bonchev–Trinajstić information content (AvgIpc) is 2.48. The molecule has 3 heteroatoms. The molecule has 0 fully saturated rings. The van der Waals surface area contributed by atoms with E-state index in [9.17, 15) is 0 Å². The second kappa shape index (κ2) is 5.14. The van der Waals surface area contributed by atoms with E-state index in [1.165, 1.54) is 0 Å². The molecule has 2 aromatic carbocycles. The molecule has 0 spiro atoms. The topological polar surface area (TPSA) is 33.6 Å². The fraction of sp³-hybridized carbons (Fsp3) is 0.188. The Kier molecular flexibility index (Phi) is 3.19. The highest BCUT2D eigenvalue weighted by atomic mass is 16.5. The molecule has 0 bridgehead atoms. The molecule has 1 unspecified atom stereocenters. The first-order valence-corrected chi connectivity index (χ1v) is 6.50. The Balaban J connectivity index is 2.06. The van der Waals surface area contributed by atoms with Gasteiger partial charge in [-0.2, -0.15) is 0 Å². The molecule has 19 heavy (non-hydrogen) atoms. The van der Waals surface area contributed by atoms with Crippen LogP contribution in [0.15, 0.2) is 59.6 Å². The summed E-state index contributed by atoms with van der Waals surface area (Å²) in [7, 11) is 0. The number of fused-ring (bicyclic) bond motifs is 1. The monoisotopic (exact) mass is 252 g/mol. The summed E-state index contributed by atoms with van der Waals surface area (Å²) in [6.45, 7) is 2.70. The van der Waals surface area contributed by atoms with E-state index in [0.29, 0.717) is 12.6 Å². The van der Waals surface area contributed by atoms with Gasteiger partial charge in [-0.3, -0.25) is 0 Å². The molecule has 0 aliphatic carbocycles. The Hall–Kier alpha value is -2.29. The molecular formula is C16H16N2O. The van der Waals surface area contributed by atoms with Gasteiger partial charge in [0.05, 0.1) is 0 Å². The summed E-state index contributed by atoms with van der Waals surface area (Å²) in [4.78, 5) is 4.34. The minimum absolute atomic E-state index is 0.0936. The number of benzene rings is 2. The Bertz CT molecular complexity index is 593. The van der Waals surface area contributed by atoms with E-state index in [1.54, 1.807) is 0 Å². The largest absolute Gasteiger partial charge is 0.452 e. The van der Waals surface area contributed by atoms with Gasteiger partial charge in [-0.05, 0) is 18.6 Å². The van der Waals surface area contributed by atoms with Gasteiger partial charge in [0, 0.05) is 17.8 Å². The lowest BCUT2D eigenvalue weighted by Gasteiger charge is -2.28. The van der Waals surface area contributed by atoms with Crippen molar-refractivity contribution in [3.8, 4) is 0 Å². The van der Waals surface area contributed by atoms with Crippen molar-refractivity contribution in [2.75, 3.05) is 11.9 Å². The number of nitrogens with zero attached hydrogens (tertiary/aromatic N) is 1. The SMILES string of the molecule is CCN=C1Nc2ccccc2C(c2ccccc2)O1. The summed E-state index contributed by atoms with van der Waals surface area (Å²) < 4.78 is 5.98. The van der Waals surface area contributed by atoms with E-state index in [4.69, 9.17) is 4.74 Å². The van der Waals surface area contributed by atoms with Crippen LogP contribution in [0.2, 0.25) is 0 Å². The van der Waals surface area contributed by atoms with Crippen LogP contribution in [0.25, 0.3) is 0 Å². The fourth-order valence-electron chi connectivity index (χ4n) is 2.26. The number of anilines is 1. The third-order valence-electron chi connectivity index (χ3n) is 3.12. The molecule has 1 heterocycles. The molecule has 3 rings (SSSR count). The number of amidine groups is 1. The molecule has 1 aliphatic rings. The summed E-state index contributed by atoms with van der Waals surface area (Å²) in [5, 5.41) is 3.23. The predicted octanol–water partition coefficient (Wildman–Crippen LogP) is 3.59. The van der Waals surface area contributed by atoms with Crippen LogP contribution in [0.3, 0.4) is 0 Å². The lowest BCUT2D eigenvalue weighted by atomic mass is 9.99. The summed E-state index contributed by atoms with van der Waals surface area (Å²) in [5.41, 5.74) is 3.35. The quantitative estimate of drug-likeness (QED) is 0.886. The molecule has 0 amide bonds. The van der Waals surface area contributed by atoms with Gasteiger partial charge in [-0.15, -0.1) is 0 Å². The Labute approximate surface area is 113 Å². The van der Waals surface area contributed by atoms with Gasteiger partial charge < -0.3 is 10.1 Å². The van der Waals surface area contributed by atoms with E-state index < -0.39 is 0 Å². The maximum atomic E-state index is 5.98. The maximum absolute atomic E-state index is 5.98. The van der Waals surface area contributed by atoms with Crippen molar-refractivity contribution in [2.24, 2.45) is 4.99 Å². The third kappa shape index (κ3) is 2.32. The predicted molar refractivity (Wildman–Crippen MR) is 77.4 cm³/mol. The van der Waals surface area contributed by atoms with Crippen LogP contribution in [-0.4, -0.2) is 12.6 Å². The molecule has 0 radical (unpaired) electrons. The second-order valence-electron chi connectivity index (χ2n) is 4.40. The molecule has 2 aromatic rings. The van der Waals surface area contributed by atoms with Crippen LogP contribution < -0.4 is 5.32 Å². The van der Waals surface area contributed by atoms with Crippen molar-refractivity contribution >= 4 is 11.7 Å². The number of aliphatic imine (C=N–C) groups is 1. The van der Waals surface area contributed by atoms with E-state index in [1.807, 2.05) is 37.3 Å². The summed E-state index contributed by atoms with van der Waals surface area (Å²) in [5.74, 6) is 0. The number of nitrogens with one attached hydrogen (secondary N) is 1. The Morgan fingerprint density at radius 1 is 1.05 bits per heavy atom. The molecular weight excluding hydrogens is 236 g/mol. The van der Waals surface area contributed by atoms with Crippen molar-refractivity contribution in [1.82, 2.24) is 0 Å². The minimum atomic E-state index is -0.0936. The fourth-order valence-corrected chi connectivity index (χ4v) is 2.26. The first-order chi connectivity index (χ1) is 9.38. The standard InChI is InChI=1S/C16H16N2O/c1-2-17-16-18-14-11-7-6-10-13(14)15(19-16)12-8-4-3-5-9-12/h3-11,15H,2H2,1H3,(H,17,18). The van der Waals surface area contributed by atoms with E-state index in [2.05, 4.69) is 34.6 Å². The number of rotatable bonds is 2. The smallest absolute Gasteiger partial charge is 0.290 e. The van der Waals surface area contributed by atoms with Gasteiger partial charge in [0.15, 0.2) is 6.10 Å². The molecule has 1 N–H and O–H groups in total. The van der Waals surface area contributed by atoms with Crippen LogP contribution in [0, 0.1) is 0 Å². The molecule has 0 aromatic heterocycles. The Morgan fingerprint density at radius 3 is 2.58 bits per heavy atom. The van der Waals surface area contributed by atoms with Gasteiger partial charge in [0.1, 0.15) is 0 Å². The zero-order valence-electron chi connectivity index (χ0n) is 10.8. The number of ether oxygens (including phenoxy) is 1. The highest BCUT2D eigenvalue weighted by Gasteiger charge is 2.25. The van der Waals surface area contributed by atoms with Gasteiger partial charge in [-0.1, -0.05) is 48.5 Å². The third-order valence-corrected chi connectivity index (χ3v) is 3.12. The number of hydrogen-bond donors (Lipinski definition) is 1. The number of para-hydroxylation sites is 1. The molecule has 96 valence electrons. The zero-order chi connectivity index (χ0) is 13.1. The second-order valence-corrected chi connectivity index (χ2v) is 4.40. The molecule has 1 atom stereocenters. The molecule has 0 saturated carbocycles. The molecule has 1 aliphatic heterocycles. The first kappa shape index (κ1) is 11.8.